The Bertz CT molecular complexity index is 41.9. The van der Waals surface area contributed by atoms with Gasteiger partial charge in [0.25, 0.3) is 4.36 Å². The van der Waals surface area contributed by atoms with Gasteiger partial charge in [-0.2, -0.15) is 4.89 Å². The van der Waals surface area contributed by atoms with Crippen LogP contribution in [0.5, 0.6) is 0 Å². The van der Waals surface area contributed by atoms with Crippen LogP contribution in [0.3, 0.4) is 0 Å². The Balaban J connectivity index is 2.68. The molecule has 0 aromatic carbocycles. The Morgan fingerprint density at radius 1 is 1.86 bits per heavy atom. The number of hydrogen-bond acceptors (Lipinski definition) is 2. The molecule has 0 spiro atoms. The number of alkyl halides is 2. The van der Waals surface area contributed by atoms with Crippen molar-refractivity contribution in [3.63, 3.8) is 0 Å². The van der Waals surface area contributed by atoms with Gasteiger partial charge in [-0.25, -0.2) is 9.28 Å². The minimum absolute atomic E-state index is 0.378. The molecule has 1 atom stereocenters. The van der Waals surface area contributed by atoms with Crippen molar-refractivity contribution in [1.82, 2.24) is 0 Å². The van der Waals surface area contributed by atoms with E-state index < -0.39 is 4.36 Å². The summed E-state index contributed by atoms with van der Waals surface area (Å²) in [5.41, 5.74) is 0. The van der Waals surface area contributed by atoms with Crippen LogP contribution in [0, 0.1) is 0 Å². The monoisotopic (exact) mass is 220 g/mol. The Labute approximate surface area is 55.1 Å². The Kier molecular flexibility index (Phi) is 5.12. The Morgan fingerprint density at radius 3 is 2.57 bits per heavy atom. The van der Waals surface area contributed by atoms with E-state index in [1.165, 1.54) is 22.6 Å². The summed E-state index contributed by atoms with van der Waals surface area (Å²) >= 11 is 1.45. The van der Waals surface area contributed by atoms with E-state index in [1.54, 1.807) is 6.92 Å². The van der Waals surface area contributed by atoms with Gasteiger partial charge in [-0.1, -0.05) is 0 Å². The molecule has 44 valence electrons. The zero-order valence-corrected chi connectivity index (χ0v) is 6.01. The molecular weight excluding hydrogens is 214 g/mol. The van der Waals surface area contributed by atoms with E-state index in [4.69, 9.17) is 0 Å². The predicted octanol–water partition coefficient (Wildman–Crippen LogP) is 1.64. The van der Waals surface area contributed by atoms with Crippen molar-refractivity contribution in [2.45, 2.75) is 11.3 Å². The third-order valence-electron chi connectivity index (χ3n) is 0.259. The summed E-state index contributed by atoms with van der Waals surface area (Å²) in [7, 11) is 0. The maximum absolute atomic E-state index is 11.5. The molecule has 0 saturated heterocycles. The second-order valence-corrected chi connectivity index (χ2v) is 1.74. The second kappa shape index (κ2) is 4.73. The zero-order chi connectivity index (χ0) is 5.70. The largest absolute Gasteiger partial charge is 0.280 e. The van der Waals surface area contributed by atoms with E-state index in [2.05, 4.69) is 9.78 Å². The van der Waals surface area contributed by atoms with Crippen LogP contribution in [0.2, 0.25) is 0 Å². The number of hydrogen-bond donors (Lipinski definition) is 0. The van der Waals surface area contributed by atoms with Gasteiger partial charge in [0.1, 0.15) is 0 Å². The third-order valence-corrected chi connectivity index (χ3v) is 0.466. The first kappa shape index (κ1) is 7.58. The molecule has 0 aromatic heterocycles. The fraction of sp³-hybridized carbons (Fsp3) is 1.00. The van der Waals surface area contributed by atoms with Crippen LogP contribution < -0.4 is 0 Å². The highest BCUT2D eigenvalue weighted by Crippen LogP contribution is 2.02. The van der Waals surface area contributed by atoms with Crippen LogP contribution in [0.25, 0.3) is 0 Å². The van der Waals surface area contributed by atoms with E-state index in [9.17, 15) is 4.39 Å². The SMILES string of the molecule is CCOOC(F)I. The fourth-order valence-electron chi connectivity index (χ4n) is 0.119. The molecule has 0 rings (SSSR count). The van der Waals surface area contributed by atoms with Crippen molar-refractivity contribution in [2.75, 3.05) is 6.61 Å². The average molecular weight is 220 g/mol. The molecule has 0 fully saturated rings. The third kappa shape index (κ3) is 6.58. The molecule has 2 nitrogen and oxygen atoms in total. The molecule has 0 aliphatic carbocycles. The lowest BCUT2D eigenvalue weighted by molar-refractivity contribution is -0.318. The minimum Gasteiger partial charge on any atom is -0.233 e. The molecule has 4 heteroatoms. The van der Waals surface area contributed by atoms with Crippen molar-refractivity contribution in [2.24, 2.45) is 0 Å². The van der Waals surface area contributed by atoms with Crippen LogP contribution >= 0.6 is 22.6 Å². The van der Waals surface area contributed by atoms with Gasteiger partial charge in [-0.3, -0.25) is 0 Å². The van der Waals surface area contributed by atoms with Gasteiger partial charge in [0, 0.05) is 0 Å². The molecule has 0 aliphatic rings. The Morgan fingerprint density at radius 2 is 2.43 bits per heavy atom. The van der Waals surface area contributed by atoms with Crippen molar-refractivity contribution in [3.8, 4) is 0 Å². The van der Waals surface area contributed by atoms with Gasteiger partial charge < -0.3 is 0 Å². The maximum Gasteiger partial charge on any atom is 0.280 e. The lowest BCUT2D eigenvalue weighted by Gasteiger charge is -1.97. The number of halogens is 2. The molecule has 0 saturated carbocycles. The molecule has 0 aliphatic heterocycles. The molecule has 7 heavy (non-hydrogen) atoms. The van der Waals surface area contributed by atoms with Gasteiger partial charge in [-0.05, 0) is 29.5 Å². The van der Waals surface area contributed by atoms with Gasteiger partial charge in [0.2, 0.25) is 0 Å². The zero-order valence-electron chi connectivity index (χ0n) is 3.86. The summed E-state index contributed by atoms with van der Waals surface area (Å²) in [5.74, 6) is 0. The first-order valence-corrected chi connectivity index (χ1v) is 3.08. The standard InChI is InChI=1S/C3H6FIO2/c1-2-6-7-3(4)5/h3H,2H2,1H3. The Hall–Kier alpha value is 0.580. The molecule has 0 aromatic rings. The first-order valence-electron chi connectivity index (χ1n) is 1.83. The summed E-state index contributed by atoms with van der Waals surface area (Å²) in [5, 5.41) is 0. The first-order chi connectivity index (χ1) is 3.27. The highest BCUT2D eigenvalue weighted by Gasteiger charge is 1.95. The van der Waals surface area contributed by atoms with Crippen molar-refractivity contribution in [1.29, 1.82) is 0 Å². The topological polar surface area (TPSA) is 18.5 Å². The van der Waals surface area contributed by atoms with E-state index in [0.29, 0.717) is 6.61 Å². The van der Waals surface area contributed by atoms with Crippen LogP contribution in [-0.2, 0) is 9.78 Å². The molecule has 0 N–H and O–H groups in total. The van der Waals surface area contributed by atoms with Crippen molar-refractivity contribution in [3.05, 3.63) is 0 Å². The van der Waals surface area contributed by atoms with Crippen LogP contribution in [-0.4, -0.2) is 11.0 Å². The van der Waals surface area contributed by atoms with Crippen molar-refractivity contribution < 1.29 is 14.2 Å². The summed E-state index contributed by atoms with van der Waals surface area (Å²) in [6.45, 7) is 2.10. The fourth-order valence-corrected chi connectivity index (χ4v) is 0.266. The van der Waals surface area contributed by atoms with Gasteiger partial charge in [0.15, 0.2) is 0 Å². The normalized spacial score (nSPS) is 14.1. The van der Waals surface area contributed by atoms with Gasteiger partial charge >= 0.3 is 0 Å². The van der Waals surface area contributed by atoms with Crippen molar-refractivity contribution >= 4 is 22.6 Å². The molecule has 0 amide bonds. The lowest BCUT2D eigenvalue weighted by Crippen LogP contribution is -1.97. The molecule has 0 heterocycles. The molecule has 0 bridgehead atoms. The molecular formula is C3H6FIO2. The van der Waals surface area contributed by atoms with Crippen LogP contribution in [0.15, 0.2) is 0 Å². The van der Waals surface area contributed by atoms with Gasteiger partial charge in [-0.15, -0.1) is 0 Å². The van der Waals surface area contributed by atoms with E-state index in [-0.39, 0.29) is 0 Å². The minimum atomic E-state index is -1.35. The lowest BCUT2D eigenvalue weighted by atomic mass is 10.9. The average Bonchev–Trinajstić information content (AvgIpc) is 1.61. The highest BCUT2D eigenvalue weighted by molar-refractivity contribution is 14.1. The summed E-state index contributed by atoms with van der Waals surface area (Å²) in [6.07, 6.45) is 0. The quantitative estimate of drug-likeness (QED) is 0.311. The molecule has 1 unspecified atom stereocenters. The summed E-state index contributed by atoms with van der Waals surface area (Å²) < 4.78 is 10.2. The second-order valence-electron chi connectivity index (χ2n) is 0.763. The van der Waals surface area contributed by atoms with E-state index in [0.717, 1.165) is 0 Å². The summed E-state index contributed by atoms with van der Waals surface area (Å²) in [4.78, 5) is 8.22. The molecule has 0 radical (unpaired) electrons. The van der Waals surface area contributed by atoms with Crippen LogP contribution in [0.4, 0.5) is 4.39 Å². The summed E-state index contributed by atoms with van der Waals surface area (Å²) in [6, 6.07) is 0. The smallest absolute Gasteiger partial charge is 0.233 e. The predicted molar refractivity (Wildman–Crippen MR) is 31.6 cm³/mol. The maximum atomic E-state index is 11.5. The van der Waals surface area contributed by atoms with Crippen LogP contribution in [0.1, 0.15) is 6.92 Å². The highest BCUT2D eigenvalue weighted by atomic mass is 127. The van der Waals surface area contributed by atoms with E-state index in [1.807, 2.05) is 0 Å². The van der Waals surface area contributed by atoms with E-state index >= 15 is 0 Å². The van der Waals surface area contributed by atoms with Gasteiger partial charge in [0.05, 0.1) is 6.61 Å². The number of rotatable bonds is 3.